The highest BCUT2D eigenvalue weighted by atomic mass is 16.5. The molecule has 0 bridgehead atoms. The summed E-state index contributed by atoms with van der Waals surface area (Å²) in [4.78, 5) is 20.1. The Kier molecular flexibility index (Phi) is 5.98. The van der Waals surface area contributed by atoms with Crippen molar-refractivity contribution < 1.29 is 9.53 Å². The van der Waals surface area contributed by atoms with Gasteiger partial charge in [-0.3, -0.25) is 9.69 Å². The number of carbonyl (C=O) groups is 1. The van der Waals surface area contributed by atoms with Crippen LogP contribution < -0.4 is 4.74 Å². The van der Waals surface area contributed by atoms with Gasteiger partial charge in [0.1, 0.15) is 5.75 Å². The Balaban J connectivity index is 1.28. The summed E-state index contributed by atoms with van der Waals surface area (Å²) >= 11 is 0. The quantitative estimate of drug-likeness (QED) is 0.815. The number of amides is 1. The van der Waals surface area contributed by atoms with Gasteiger partial charge in [0, 0.05) is 44.3 Å². The van der Waals surface area contributed by atoms with E-state index >= 15 is 0 Å². The molecule has 3 heterocycles. The van der Waals surface area contributed by atoms with Crippen molar-refractivity contribution in [3.8, 4) is 5.75 Å². The summed E-state index contributed by atoms with van der Waals surface area (Å²) in [6.07, 6.45) is 6.92. The summed E-state index contributed by atoms with van der Waals surface area (Å²) in [5, 5.41) is 0. The van der Waals surface area contributed by atoms with Crippen LogP contribution in [-0.4, -0.2) is 79.6 Å². The van der Waals surface area contributed by atoms with Gasteiger partial charge in [0.05, 0.1) is 7.11 Å². The summed E-state index contributed by atoms with van der Waals surface area (Å²) in [6, 6.07) is 8.28. The minimum absolute atomic E-state index is 0.147. The lowest BCUT2D eigenvalue weighted by molar-refractivity contribution is 0.0278. The minimum atomic E-state index is 0.147. The zero-order valence-corrected chi connectivity index (χ0v) is 16.6. The van der Waals surface area contributed by atoms with Gasteiger partial charge in [-0.15, -0.1) is 0 Å². The van der Waals surface area contributed by atoms with E-state index in [1.54, 1.807) is 7.11 Å². The number of piperidine rings is 2. The predicted octanol–water partition coefficient (Wildman–Crippen LogP) is 2.72. The average Bonchev–Trinajstić information content (AvgIpc) is 2.74. The summed E-state index contributed by atoms with van der Waals surface area (Å²) in [7, 11) is 1.65. The Morgan fingerprint density at radius 3 is 2.44 bits per heavy atom. The molecule has 3 fully saturated rings. The summed E-state index contributed by atoms with van der Waals surface area (Å²) in [6.45, 7) is 7.52. The van der Waals surface area contributed by atoms with E-state index in [1.165, 1.54) is 51.7 Å². The van der Waals surface area contributed by atoms with Gasteiger partial charge in [0.25, 0.3) is 5.91 Å². The molecule has 5 nitrogen and oxygen atoms in total. The molecule has 4 rings (SSSR count). The summed E-state index contributed by atoms with van der Waals surface area (Å²) in [5.41, 5.74) is 0.759. The third-order valence-electron chi connectivity index (χ3n) is 6.72. The van der Waals surface area contributed by atoms with Gasteiger partial charge in [-0.2, -0.15) is 0 Å². The number of hydrogen-bond acceptors (Lipinski definition) is 4. The Hall–Kier alpha value is -1.59. The van der Waals surface area contributed by atoms with Gasteiger partial charge in [-0.05, 0) is 69.0 Å². The molecule has 0 unspecified atom stereocenters. The van der Waals surface area contributed by atoms with Crippen LogP contribution in [0.5, 0.6) is 5.75 Å². The van der Waals surface area contributed by atoms with Crippen molar-refractivity contribution in [2.45, 2.75) is 38.1 Å². The zero-order valence-electron chi connectivity index (χ0n) is 16.6. The molecular formula is C22H33N3O2. The number of benzene rings is 1. The first-order chi connectivity index (χ1) is 13.2. The highest BCUT2D eigenvalue weighted by molar-refractivity contribution is 5.94. The monoisotopic (exact) mass is 371 g/mol. The zero-order chi connectivity index (χ0) is 18.6. The van der Waals surface area contributed by atoms with Gasteiger partial charge in [-0.1, -0.05) is 6.42 Å². The van der Waals surface area contributed by atoms with Crippen LogP contribution in [0.15, 0.2) is 24.3 Å². The lowest BCUT2D eigenvalue weighted by Gasteiger charge is -2.46. The molecule has 2 atom stereocenters. The van der Waals surface area contributed by atoms with E-state index in [1.807, 2.05) is 29.2 Å². The van der Waals surface area contributed by atoms with E-state index in [9.17, 15) is 4.79 Å². The first kappa shape index (κ1) is 18.8. The van der Waals surface area contributed by atoms with Crippen molar-refractivity contribution in [1.82, 2.24) is 14.7 Å². The number of nitrogens with zero attached hydrogens (tertiary/aromatic N) is 3. The second-order valence-corrected chi connectivity index (χ2v) is 8.32. The van der Waals surface area contributed by atoms with E-state index in [0.717, 1.165) is 49.5 Å². The Morgan fingerprint density at radius 2 is 1.70 bits per heavy atom. The first-order valence-electron chi connectivity index (χ1n) is 10.6. The van der Waals surface area contributed by atoms with Crippen LogP contribution in [0.1, 0.15) is 42.5 Å². The van der Waals surface area contributed by atoms with Gasteiger partial charge < -0.3 is 14.5 Å². The molecule has 3 aliphatic rings. The molecule has 0 aromatic heterocycles. The van der Waals surface area contributed by atoms with Crippen molar-refractivity contribution in [2.75, 3.05) is 52.9 Å². The van der Waals surface area contributed by atoms with Gasteiger partial charge in [-0.25, -0.2) is 0 Å². The Morgan fingerprint density at radius 1 is 0.963 bits per heavy atom. The smallest absolute Gasteiger partial charge is 0.253 e. The summed E-state index contributed by atoms with van der Waals surface area (Å²) in [5.74, 6) is 1.76. The fourth-order valence-electron chi connectivity index (χ4n) is 5.17. The van der Waals surface area contributed by atoms with Crippen molar-refractivity contribution in [3.63, 3.8) is 0 Å². The minimum Gasteiger partial charge on any atom is -0.497 e. The van der Waals surface area contributed by atoms with Gasteiger partial charge in [0.15, 0.2) is 0 Å². The maximum atomic E-state index is 12.7. The fraction of sp³-hybridized carbons (Fsp3) is 0.682. The molecular weight excluding hydrogens is 338 g/mol. The topological polar surface area (TPSA) is 36.0 Å². The number of carbonyl (C=O) groups excluding carboxylic acids is 1. The van der Waals surface area contributed by atoms with Gasteiger partial charge in [0.2, 0.25) is 0 Å². The van der Waals surface area contributed by atoms with Crippen molar-refractivity contribution >= 4 is 5.91 Å². The summed E-state index contributed by atoms with van der Waals surface area (Å²) < 4.78 is 5.18. The Labute approximate surface area is 163 Å². The fourth-order valence-corrected chi connectivity index (χ4v) is 5.17. The first-order valence-corrected chi connectivity index (χ1v) is 10.6. The standard InChI is InChI=1S/C22H33N3O2/c1-27-20-9-7-18(8-10-20)22(26)25-15-13-23(14-16-25)17-19-5-4-12-24-11-3-2-6-21(19)24/h7-10,19,21H,2-6,11-17H2,1H3/t19-,21+/m0/s1. The number of hydrogen-bond donors (Lipinski definition) is 0. The normalized spacial score (nSPS) is 27.2. The molecule has 27 heavy (non-hydrogen) atoms. The van der Waals surface area contributed by atoms with Crippen LogP contribution in [0.4, 0.5) is 0 Å². The molecule has 3 aliphatic heterocycles. The van der Waals surface area contributed by atoms with E-state index in [-0.39, 0.29) is 5.91 Å². The second kappa shape index (κ2) is 8.61. The van der Waals surface area contributed by atoms with Crippen molar-refractivity contribution in [3.05, 3.63) is 29.8 Å². The number of fused-ring (bicyclic) bond motifs is 1. The second-order valence-electron chi connectivity index (χ2n) is 8.32. The van der Waals surface area contributed by atoms with E-state index in [0.29, 0.717) is 0 Å². The predicted molar refractivity (Wildman–Crippen MR) is 107 cm³/mol. The number of piperazine rings is 1. The lowest BCUT2D eigenvalue weighted by Crippen LogP contribution is -2.54. The average molecular weight is 372 g/mol. The molecule has 0 radical (unpaired) electrons. The maximum Gasteiger partial charge on any atom is 0.253 e. The van der Waals surface area contributed by atoms with Crippen LogP contribution in [0.25, 0.3) is 0 Å². The number of methoxy groups -OCH3 is 1. The molecule has 1 amide bonds. The van der Waals surface area contributed by atoms with Crippen LogP contribution in [0.2, 0.25) is 0 Å². The molecule has 0 aliphatic carbocycles. The van der Waals surface area contributed by atoms with Crippen LogP contribution in [-0.2, 0) is 0 Å². The molecule has 0 spiro atoms. The highest BCUT2D eigenvalue weighted by Crippen LogP contribution is 2.31. The Bertz CT molecular complexity index is 623. The molecule has 3 saturated heterocycles. The molecule has 1 aromatic carbocycles. The highest BCUT2D eigenvalue weighted by Gasteiger charge is 2.34. The molecule has 148 valence electrons. The molecule has 0 N–H and O–H groups in total. The van der Waals surface area contributed by atoms with E-state index < -0.39 is 0 Å². The van der Waals surface area contributed by atoms with Crippen LogP contribution >= 0.6 is 0 Å². The third kappa shape index (κ3) is 4.30. The number of ether oxygens (including phenoxy) is 1. The molecule has 0 saturated carbocycles. The van der Waals surface area contributed by atoms with Crippen LogP contribution in [0, 0.1) is 5.92 Å². The lowest BCUT2D eigenvalue weighted by atomic mass is 9.83. The molecule has 1 aromatic rings. The van der Waals surface area contributed by atoms with Crippen molar-refractivity contribution in [2.24, 2.45) is 5.92 Å². The van der Waals surface area contributed by atoms with E-state index in [4.69, 9.17) is 4.74 Å². The van der Waals surface area contributed by atoms with Crippen LogP contribution in [0.3, 0.4) is 0 Å². The van der Waals surface area contributed by atoms with Crippen molar-refractivity contribution in [1.29, 1.82) is 0 Å². The largest absolute Gasteiger partial charge is 0.497 e. The third-order valence-corrected chi connectivity index (χ3v) is 6.72. The SMILES string of the molecule is COc1ccc(C(=O)N2CCN(C[C@@H]3CCCN4CCCC[C@H]34)CC2)cc1. The maximum absolute atomic E-state index is 12.7. The number of rotatable bonds is 4. The molecule has 5 heteroatoms. The van der Waals surface area contributed by atoms with E-state index in [2.05, 4.69) is 9.80 Å². The van der Waals surface area contributed by atoms with Gasteiger partial charge >= 0.3 is 0 Å².